The molecule has 0 saturated carbocycles. The number of hydrogen-bond acceptors (Lipinski definition) is 2. The van der Waals surface area contributed by atoms with Crippen LogP contribution in [0.2, 0.25) is 0 Å². The van der Waals surface area contributed by atoms with Crippen molar-refractivity contribution in [3.05, 3.63) is 17.5 Å². The Kier molecular flexibility index (Phi) is 5.40. The van der Waals surface area contributed by atoms with Crippen molar-refractivity contribution in [2.45, 2.75) is 39.5 Å². The summed E-state index contributed by atoms with van der Waals surface area (Å²) in [6.45, 7) is 6.58. The van der Waals surface area contributed by atoms with Gasteiger partial charge in [0.05, 0.1) is 5.69 Å². The minimum absolute atomic E-state index is 1.14. The van der Waals surface area contributed by atoms with Crippen LogP contribution < -0.4 is 5.32 Å². The van der Waals surface area contributed by atoms with Crippen LogP contribution in [0.1, 0.15) is 37.4 Å². The highest BCUT2D eigenvalue weighted by Gasteiger charge is 2.01. The second-order valence-corrected chi connectivity index (χ2v) is 4.12. The highest BCUT2D eigenvalue weighted by atomic mass is 15.2. The first kappa shape index (κ1) is 12.2. The second kappa shape index (κ2) is 6.62. The molecule has 0 aliphatic carbocycles. The number of hydrogen-bond donors (Lipinski definition) is 1. The number of rotatable bonds is 7. The minimum atomic E-state index is 1.14. The summed E-state index contributed by atoms with van der Waals surface area (Å²) in [5.41, 5.74) is 2.58. The van der Waals surface area contributed by atoms with Crippen molar-refractivity contribution in [3.8, 4) is 0 Å². The molecule has 3 nitrogen and oxygen atoms in total. The molecule has 0 amide bonds. The van der Waals surface area contributed by atoms with Crippen LogP contribution in [0.5, 0.6) is 0 Å². The van der Waals surface area contributed by atoms with E-state index < -0.39 is 0 Å². The molecule has 0 fully saturated rings. The van der Waals surface area contributed by atoms with E-state index in [0.717, 1.165) is 19.5 Å². The van der Waals surface area contributed by atoms with E-state index in [1.54, 1.807) is 0 Å². The van der Waals surface area contributed by atoms with E-state index in [4.69, 9.17) is 0 Å². The van der Waals surface area contributed by atoms with E-state index in [1.807, 2.05) is 11.7 Å². The number of aromatic nitrogens is 2. The standard InChI is InChI=1S/C12H23N3/c1-4-8-13-9-6-5-7-12-10-15(3)14-11(12)2/h10,13H,4-9H2,1-3H3. The minimum Gasteiger partial charge on any atom is -0.317 e. The normalized spacial score (nSPS) is 10.9. The van der Waals surface area contributed by atoms with E-state index in [-0.39, 0.29) is 0 Å². The van der Waals surface area contributed by atoms with Crippen molar-refractivity contribution in [2.24, 2.45) is 7.05 Å². The summed E-state index contributed by atoms with van der Waals surface area (Å²) >= 11 is 0. The van der Waals surface area contributed by atoms with Gasteiger partial charge in [0.25, 0.3) is 0 Å². The molecule has 0 radical (unpaired) electrons. The first-order chi connectivity index (χ1) is 7.24. The smallest absolute Gasteiger partial charge is 0.0625 e. The van der Waals surface area contributed by atoms with E-state index in [1.165, 1.54) is 30.5 Å². The quantitative estimate of drug-likeness (QED) is 0.697. The maximum Gasteiger partial charge on any atom is 0.0625 e. The Morgan fingerprint density at radius 2 is 2.13 bits per heavy atom. The zero-order valence-electron chi connectivity index (χ0n) is 10.2. The SMILES string of the molecule is CCCNCCCCc1cn(C)nc1C. The Morgan fingerprint density at radius 3 is 2.73 bits per heavy atom. The first-order valence-electron chi connectivity index (χ1n) is 5.94. The molecule has 0 atom stereocenters. The van der Waals surface area contributed by atoms with Crippen LogP contribution in [0.4, 0.5) is 0 Å². The van der Waals surface area contributed by atoms with Gasteiger partial charge in [-0.1, -0.05) is 6.92 Å². The van der Waals surface area contributed by atoms with Crippen LogP contribution in [0.15, 0.2) is 6.20 Å². The van der Waals surface area contributed by atoms with E-state index in [0.29, 0.717) is 0 Å². The third-order valence-corrected chi connectivity index (χ3v) is 2.59. The van der Waals surface area contributed by atoms with Gasteiger partial charge >= 0.3 is 0 Å². The number of nitrogens with zero attached hydrogens (tertiary/aromatic N) is 2. The van der Waals surface area contributed by atoms with E-state index in [2.05, 4.69) is 30.5 Å². The topological polar surface area (TPSA) is 29.9 Å². The van der Waals surface area contributed by atoms with Crippen LogP contribution in [0.3, 0.4) is 0 Å². The van der Waals surface area contributed by atoms with Crippen molar-refractivity contribution in [1.29, 1.82) is 0 Å². The Labute approximate surface area is 92.9 Å². The molecule has 0 bridgehead atoms. The fourth-order valence-corrected chi connectivity index (χ4v) is 1.76. The summed E-state index contributed by atoms with van der Waals surface area (Å²) in [7, 11) is 1.99. The predicted octanol–water partition coefficient (Wildman–Crippen LogP) is 2.05. The monoisotopic (exact) mass is 209 g/mol. The van der Waals surface area contributed by atoms with Gasteiger partial charge in [0.15, 0.2) is 0 Å². The summed E-state index contributed by atoms with van der Waals surface area (Å²) in [5, 5.41) is 7.76. The first-order valence-corrected chi connectivity index (χ1v) is 5.94. The molecule has 0 spiro atoms. The number of nitrogens with one attached hydrogen (secondary N) is 1. The van der Waals surface area contributed by atoms with Crippen LogP contribution in [0, 0.1) is 6.92 Å². The lowest BCUT2D eigenvalue weighted by Crippen LogP contribution is -2.15. The summed E-state index contributed by atoms with van der Waals surface area (Å²) in [6.07, 6.45) is 7.03. The van der Waals surface area contributed by atoms with Gasteiger partial charge in [-0.3, -0.25) is 4.68 Å². The highest BCUT2D eigenvalue weighted by molar-refractivity contribution is 5.15. The lowest BCUT2D eigenvalue weighted by atomic mass is 10.1. The average molecular weight is 209 g/mol. The predicted molar refractivity (Wildman–Crippen MR) is 64.0 cm³/mol. The lowest BCUT2D eigenvalue weighted by Gasteiger charge is -2.02. The maximum absolute atomic E-state index is 4.34. The molecule has 0 unspecified atom stereocenters. The van der Waals surface area contributed by atoms with Crippen LogP contribution in [-0.2, 0) is 13.5 Å². The molecule has 1 rings (SSSR count). The highest BCUT2D eigenvalue weighted by Crippen LogP contribution is 2.08. The molecule has 1 N–H and O–H groups in total. The zero-order valence-corrected chi connectivity index (χ0v) is 10.2. The van der Waals surface area contributed by atoms with Crippen molar-refractivity contribution in [2.75, 3.05) is 13.1 Å². The van der Waals surface area contributed by atoms with Crippen LogP contribution in [-0.4, -0.2) is 22.9 Å². The van der Waals surface area contributed by atoms with Gasteiger partial charge in [-0.2, -0.15) is 5.10 Å². The van der Waals surface area contributed by atoms with E-state index >= 15 is 0 Å². The van der Waals surface area contributed by atoms with Gasteiger partial charge in [-0.25, -0.2) is 0 Å². The molecule has 15 heavy (non-hydrogen) atoms. The maximum atomic E-state index is 4.34. The molecule has 1 aromatic rings. The second-order valence-electron chi connectivity index (χ2n) is 4.12. The summed E-state index contributed by atoms with van der Waals surface area (Å²) in [6, 6.07) is 0. The largest absolute Gasteiger partial charge is 0.317 e. The van der Waals surface area contributed by atoms with Gasteiger partial charge < -0.3 is 5.32 Å². The van der Waals surface area contributed by atoms with Gasteiger partial charge in [-0.05, 0) is 51.3 Å². The number of unbranched alkanes of at least 4 members (excludes halogenated alkanes) is 1. The Hall–Kier alpha value is -0.830. The molecule has 0 saturated heterocycles. The van der Waals surface area contributed by atoms with E-state index in [9.17, 15) is 0 Å². The molecule has 3 heteroatoms. The Bertz CT molecular complexity index is 278. The summed E-state index contributed by atoms with van der Waals surface area (Å²) in [4.78, 5) is 0. The molecule has 0 aromatic carbocycles. The average Bonchev–Trinajstić information content (AvgIpc) is 2.51. The van der Waals surface area contributed by atoms with Gasteiger partial charge in [0.1, 0.15) is 0 Å². The molecule has 0 aliphatic rings. The zero-order chi connectivity index (χ0) is 11.1. The summed E-state index contributed by atoms with van der Waals surface area (Å²) < 4.78 is 1.90. The molecular weight excluding hydrogens is 186 g/mol. The molecule has 86 valence electrons. The van der Waals surface area contributed by atoms with Gasteiger partial charge in [0, 0.05) is 13.2 Å². The van der Waals surface area contributed by atoms with Gasteiger partial charge in [-0.15, -0.1) is 0 Å². The molecular formula is C12H23N3. The van der Waals surface area contributed by atoms with Crippen molar-refractivity contribution >= 4 is 0 Å². The third kappa shape index (κ3) is 4.47. The fourth-order valence-electron chi connectivity index (χ4n) is 1.76. The van der Waals surface area contributed by atoms with Crippen molar-refractivity contribution in [3.63, 3.8) is 0 Å². The lowest BCUT2D eigenvalue weighted by molar-refractivity contribution is 0.616. The van der Waals surface area contributed by atoms with Crippen LogP contribution >= 0.6 is 0 Å². The Morgan fingerprint density at radius 1 is 1.33 bits per heavy atom. The van der Waals surface area contributed by atoms with Crippen molar-refractivity contribution in [1.82, 2.24) is 15.1 Å². The third-order valence-electron chi connectivity index (χ3n) is 2.59. The molecule has 1 aromatic heterocycles. The molecule has 1 heterocycles. The fraction of sp³-hybridized carbons (Fsp3) is 0.750. The van der Waals surface area contributed by atoms with Crippen molar-refractivity contribution < 1.29 is 0 Å². The van der Waals surface area contributed by atoms with Crippen LogP contribution in [0.25, 0.3) is 0 Å². The number of aryl methyl sites for hydroxylation is 3. The summed E-state index contributed by atoms with van der Waals surface area (Å²) in [5.74, 6) is 0. The Balaban J connectivity index is 2.12. The molecule has 0 aliphatic heterocycles. The van der Waals surface area contributed by atoms with Gasteiger partial charge in [0.2, 0.25) is 0 Å².